The van der Waals surface area contributed by atoms with Crippen molar-refractivity contribution >= 4 is 50.1 Å². The van der Waals surface area contributed by atoms with Crippen molar-refractivity contribution in [3.05, 3.63) is 32.1 Å². The Labute approximate surface area is 108 Å². The molecule has 0 bridgehead atoms. The Bertz CT molecular complexity index is 470. The highest BCUT2D eigenvalue weighted by Crippen LogP contribution is 2.26. The van der Waals surface area contributed by atoms with Gasteiger partial charge in [0.2, 0.25) is 3.83 Å². The van der Waals surface area contributed by atoms with Gasteiger partial charge in [-0.05, 0) is 36.2 Å². The maximum absolute atomic E-state index is 4.33. The minimum atomic E-state index is 0.808. The summed E-state index contributed by atoms with van der Waals surface area (Å²) in [6, 6.07) is 6.20. The number of halogens is 2. The van der Waals surface area contributed by atoms with E-state index in [-0.39, 0.29) is 0 Å². The van der Waals surface area contributed by atoms with Gasteiger partial charge in [0.1, 0.15) is 5.01 Å². The van der Waals surface area contributed by atoms with Gasteiger partial charge in [-0.3, -0.25) is 0 Å². The highest BCUT2D eigenvalue weighted by molar-refractivity contribution is 14.1. The molecular formula is C9H6BrIN2S. The van der Waals surface area contributed by atoms with Crippen molar-refractivity contribution in [2.75, 3.05) is 0 Å². The zero-order chi connectivity index (χ0) is 10.1. The van der Waals surface area contributed by atoms with Crippen LogP contribution in [0.2, 0.25) is 0 Å². The van der Waals surface area contributed by atoms with Gasteiger partial charge in [-0.25, -0.2) is 4.98 Å². The number of nitrogens with zero attached hydrogens (tertiary/aromatic N) is 2. The summed E-state index contributed by atoms with van der Waals surface area (Å²) in [6.45, 7) is 2.07. The summed E-state index contributed by atoms with van der Waals surface area (Å²) >= 11 is 7.03. The van der Waals surface area contributed by atoms with Crippen molar-refractivity contribution in [3.8, 4) is 10.6 Å². The number of aromatic nitrogens is 2. The number of hydrogen-bond acceptors (Lipinski definition) is 3. The molecule has 0 fully saturated rings. The minimum Gasteiger partial charge on any atom is -0.210 e. The first-order chi connectivity index (χ1) is 6.66. The Morgan fingerprint density at radius 3 is 2.79 bits per heavy atom. The quantitative estimate of drug-likeness (QED) is 0.701. The van der Waals surface area contributed by atoms with Crippen molar-refractivity contribution < 1.29 is 0 Å². The maximum Gasteiger partial charge on any atom is 0.203 e. The lowest BCUT2D eigenvalue weighted by Gasteiger charge is -1.99. The Balaban J connectivity index is 2.47. The smallest absolute Gasteiger partial charge is 0.203 e. The Hall–Kier alpha value is -0.0100. The van der Waals surface area contributed by atoms with Crippen molar-refractivity contribution in [1.29, 1.82) is 0 Å². The average molecular weight is 381 g/mol. The van der Waals surface area contributed by atoms with Crippen LogP contribution in [0.5, 0.6) is 0 Å². The fourth-order valence-corrected chi connectivity index (χ4v) is 2.61. The standard InChI is InChI=1S/C9H6BrIN2S/c1-5-4-6(2-3-7(5)10)8-12-9(11)13-14-8/h2-4H,1H3. The van der Waals surface area contributed by atoms with E-state index < -0.39 is 0 Å². The van der Waals surface area contributed by atoms with E-state index in [0.29, 0.717) is 0 Å². The van der Waals surface area contributed by atoms with Gasteiger partial charge < -0.3 is 0 Å². The zero-order valence-electron chi connectivity index (χ0n) is 7.29. The molecule has 1 heterocycles. The molecule has 0 radical (unpaired) electrons. The number of aryl methyl sites for hydroxylation is 1. The average Bonchev–Trinajstić information content (AvgIpc) is 2.57. The first-order valence-electron chi connectivity index (χ1n) is 3.92. The normalized spacial score (nSPS) is 10.5. The van der Waals surface area contributed by atoms with Gasteiger partial charge in [0.05, 0.1) is 0 Å². The molecular weight excluding hydrogens is 375 g/mol. The molecule has 0 saturated heterocycles. The van der Waals surface area contributed by atoms with E-state index in [1.165, 1.54) is 17.1 Å². The Morgan fingerprint density at radius 2 is 2.21 bits per heavy atom. The van der Waals surface area contributed by atoms with Gasteiger partial charge in [-0.15, -0.1) is 0 Å². The topological polar surface area (TPSA) is 25.8 Å². The molecule has 0 spiro atoms. The summed E-state index contributed by atoms with van der Waals surface area (Å²) in [4.78, 5) is 4.33. The molecule has 2 aromatic rings. The molecule has 1 aromatic heterocycles. The largest absolute Gasteiger partial charge is 0.210 e. The fourth-order valence-electron chi connectivity index (χ4n) is 1.10. The van der Waals surface area contributed by atoms with E-state index in [9.17, 15) is 0 Å². The van der Waals surface area contributed by atoms with Crippen LogP contribution in [-0.4, -0.2) is 9.36 Å². The molecule has 14 heavy (non-hydrogen) atoms. The summed E-state index contributed by atoms with van der Waals surface area (Å²) in [7, 11) is 0. The first kappa shape index (κ1) is 10.5. The highest BCUT2D eigenvalue weighted by atomic mass is 127. The Morgan fingerprint density at radius 1 is 1.43 bits per heavy atom. The van der Waals surface area contributed by atoms with Gasteiger partial charge in [-0.2, -0.15) is 4.37 Å². The molecule has 0 unspecified atom stereocenters. The number of benzene rings is 1. The highest BCUT2D eigenvalue weighted by Gasteiger charge is 2.05. The summed E-state index contributed by atoms with van der Waals surface area (Å²) in [5.41, 5.74) is 2.35. The third-order valence-electron chi connectivity index (χ3n) is 1.81. The van der Waals surface area contributed by atoms with Crippen molar-refractivity contribution in [3.63, 3.8) is 0 Å². The second-order valence-corrected chi connectivity index (χ2v) is 5.40. The van der Waals surface area contributed by atoms with Crippen LogP contribution in [-0.2, 0) is 0 Å². The van der Waals surface area contributed by atoms with Crippen molar-refractivity contribution in [1.82, 2.24) is 9.36 Å². The molecule has 0 saturated carbocycles. The van der Waals surface area contributed by atoms with Crippen LogP contribution < -0.4 is 0 Å². The predicted molar refractivity (Wildman–Crippen MR) is 70.5 cm³/mol. The van der Waals surface area contributed by atoms with Gasteiger partial charge >= 0.3 is 0 Å². The van der Waals surface area contributed by atoms with Gasteiger partial charge in [-0.1, -0.05) is 22.0 Å². The molecule has 0 amide bonds. The SMILES string of the molecule is Cc1cc(-c2nc(I)ns2)ccc1Br. The molecule has 0 atom stereocenters. The first-order valence-corrected chi connectivity index (χ1v) is 6.57. The van der Waals surface area contributed by atoms with Gasteiger partial charge in [0.25, 0.3) is 0 Å². The lowest BCUT2D eigenvalue weighted by atomic mass is 10.1. The third-order valence-corrected chi connectivity index (χ3v) is 4.27. The summed E-state index contributed by atoms with van der Waals surface area (Å²) < 4.78 is 6.08. The van der Waals surface area contributed by atoms with Crippen LogP contribution in [0.4, 0.5) is 0 Å². The molecule has 2 nitrogen and oxygen atoms in total. The molecule has 72 valence electrons. The zero-order valence-corrected chi connectivity index (χ0v) is 11.9. The minimum absolute atomic E-state index is 0.808. The van der Waals surface area contributed by atoms with Gasteiger partial charge in [0, 0.05) is 32.6 Å². The van der Waals surface area contributed by atoms with E-state index in [2.05, 4.69) is 60.9 Å². The van der Waals surface area contributed by atoms with Crippen LogP contribution in [0.15, 0.2) is 22.7 Å². The second-order valence-electron chi connectivity index (χ2n) is 2.83. The molecule has 1 aromatic carbocycles. The fraction of sp³-hybridized carbons (Fsp3) is 0.111. The van der Waals surface area contributed by atoms with Gasteiger partial charge in [0.15, 0.2) is 0 Å². The van der Waals surface area contributed by atoms with Crippen LogP contribution >= 0.6 is 50.1 Å². The van der Waals surface area contributed by atoms with Crippen LogP contribution in [0.25, 0.3) is 10.6 Å². The van der Waals surface area contributed by atoms with E-state index in [1.807, 2.05) is 12.1 Å². The second kappa shape index (κ2) is 4.24. The molecule has 5 heteroatoms. The number of rotatable bonds is 1. The Kier molecular flexibility index (Phi) is 3.18. The molecule has 0 aliphatic carbocycles. The van der Waals surface area contributed by atoms with Crippen molar-refractivity contribution in [2.45, 2.75) is 6.92 Å². The number of hydrogen-bond donors (Lipinski definition) is 0. The molecule has 0 N–H and O–H groups in total. The maximum atomic E-state index is 4.33. The predicted octanol–water partition coefficient (Wildman–Crippen LogP) is 3.88. The third kappa shape index (κ3) is 2.14. The van der Waals surface area contributed by atoms with Crippen LogP contribution in [0.1, 0.15) is 5.56 Å². The van der Waals surface area contributed by atoms with Crippen LogP contribution in [0.3, 0.4) is 0 Å². The summed E-state index contributed by atoms with van der Waals surface area (Å²) in [6.07, 6.45) is 0. The van der Waals surface area contributed by atoms with Crippen LogP contribution in [0, 0.1) is 10.8 Å². The van der Waals surface area contributed by atoms with E-state index in [0.717, 1.165) is 18.9 Å². The summed E-state index contributed by atoms with van der Waals surface area (Å²) in [5, 5.41) is 0.977. The molecule has 0 aliphatic heterocycles. The molecule has 2 rings (SSSR count). The van der Waals surface area contributed by atoms with E-state index >= 15 is 0 Å². The lowest BCUT2D eigenvalue weighted by Crippen LogP contribution is -1.80. The van der Waals surface area contributed by atoms with Crippen molar-refractivity contribution in [2.24, 2.45) is 0 Å². The van der Waals surface area contributed by atoms with E-state index in [4.69, 9.17) is 0 Å². The lowest BCUT2D eigenvalue weighted by molar-refractivity contribution is 1.25. The monoisotopic (exact) mass is 380 g/mol. The summed E-state index contributed by atoms with van der Waals surface area (Å²) in [5.74, 6) is 0. The molecule has 0 aliphatic rings. The van der Waals surface area contributed by atoms with E-state index in [1.54, 1.807) is 0 Å².